The Bertz CT molecular complexity index is 168. The zero-order chi connectivity index (χ0) is 13.8. The third-order valence-corrected chi connectivity index (χ3v) is 4.65. The van der Waals surface area contributed by atoms with Crippen molar-refractivity contribution in [1.29, 1.82) is 0 Å². The van der Waals surface area contributed by atoms with Gasteiger partial charge in [0.05, 0.1) is 0 Å². The highest BCUT2D eigenvalue weighted by Gasteiger charge is 2.22. The summed E-state index contributed by atoms with van der Waals surface area (Å²) < 4.78 is 0. The van der Waals surface area contributed by atoms with Crippen LogP contribution in [-0.2, 0) is 0 Å². The van der Waals surface area contributed by atoms with Crippen LogP contribution in [0.25, 0.3) is 0 Å². The van der Waals surface area contributed by atoms with Gasteiger partial charge < -0.3 is 5.73 Å². The average molecular weight is 253 g/mol. The Balaban J connectivity index is 3.79. The Morgan fingerprint density at radius 3 is 2.00 bits per heavy atom. The van der Waals surface area contributed by atoms with Crippen molar-refractivity contribution < 1.29 is 0 Å². The lowest BCUT2D eigenvalue weighted by molar-refractivity contribution is 0.293. The number of nitrogens with two attached hydrogens (primary N) is 1. The van der Waals surface area contributed by atoms with E-state index in [-0.39, 0.29) is 0 Å². The number of unbranched alkanes of at least 4 members (excludes halogenated alkanes) is 5. The molecule has 0 aliphatic rings. The van der Waals surface area contributed by atoms with Crippen LogP contribution in [0.15, 0.2) is 0 Å². The first kappa shape index (κ1) is 18.0. The molecule has 0 saturated carbocycles. The number of rotatable bonds is 12. The Morgan fingerprint density at radius 2 is 1.50 bits per heavy atom. The van der Waals surface area contributed by atoms with E-state index in [9.17, 15) is 0 Å². The Hall–Kier alpha value is 0.0249. The Labute approximate surface area is 117 Å². The van der Waals surface area contributed by atoms with E-state index < -0.39 is 0 Å². The van der Waals surface area contributed by atoms with Crippen LogP contribution in [0, 0.1) is 11.8 Å². The zero-order valence-corrected chi connectivity index (χ0v) is 13.4. The summed E-state index contributed by atoms with van der Waals surface area (Å²) in [7, 11) is 2.44. The van der Waals surface area contributed by atoms with E-state index in [0.717, 1.165) is 24.2 Å². The monoisotopic (exact) mass is 253 g/mol. The molecule has 0 aliphatic carbocycles. The first-order valence-corrected chi connectivity index (χ1v) is 8.41. The summed E-state index contributed by atoms with van der Waals surface area (Å²) >= 11 is 0. The largest absolute Gasteiger partial charge is 0.330 e. The Kier molecular flexibility index (Phi) is 12.1. The van der Waals surface area contributed by atoms with Gasteiger partial charge in [0.25, 0.3) is 0 Å². The van der Waals surface area contributed by atoms with Crippen molar-refractivity contribution in [1.82, 2.24) is 0 Å². The molecule has 108 valence electrons. The highest BCUT2D eigenvalue weighted by atomic mass is 14.6. The fourth-order valence-corrected chi connectivity index (χ4v) is 3.31. The van der Waals surface area contributed by atoms with E-state index >= 15 is 0 Å². The van der Waals surface area contributed by atoms with Crippen molar-refractivity contribution >= 4 is 7.85 Å². The Morgan fingerprint density at radius 1 is 0.889 bits per heavy atom. The molecule has 0 heterocycles. The molecule has 0 saturated heterocycles. The summed E-state index contributed by atoms with van der Waals surface area (Å²) in [6.45, 7) is 7.78. The molecule has 1 nitrogen and oxygen atoms in total. The van der Waals surface area contributed by atoms with Crippen molar-refractivity contribution in [2.24, 2.45) is 17.6 Å². The lowest BCUT2D eigenvalue weighted by Crippen LogP contribution is -2.26. The van der Waals surface area contributed by atoms with E-state index in [4.69, 9.17) is 5.73 Å². The molecule has 2 N–H and O–H groups in total. The number of hydrogen-bond donors (Lipinski definition) is 1. The van der Waals surface area contributed by atoms with E-state index in [1.54, 1.807) is 0 Å². The molecule has 2 heteroatoms. The number of hydrogen-bond acceptors (Lipinski definition) is 1. The summed E-state index contributed by atoms with van der Waals surface area (Å²) in [5, 5.41) is 0. The second-order valence-corrected chi connectivity index (χ2v) is 6.01. The maximum absolute atomic E-state index is 5.91. The van der Waals surface area contributed by atoms with Crippen LogP contribution >= 0.6 is 0 Å². The molecule has 3 atom stereocenters. The zero-order valence-electron chi connectivity index (χ0n) is 13.4. The summed E-state index contributed by atoms with van der Waals surface area (Å²) in [6.07, 6.45) is 12.4. The van der Waals surface area contributed by atoms with Gasteiger partial charge in [0.2, 0.25) is 0 Å². The van der Waals surface area contributed by atoms with Gasteiger partial charge in [-0.25, -0.2) is 0 Å². The quantitative estimate of drug-likeness (QED) is 0.410. The molecule has 0 amide bonds. The van der Waals surface area contributed by atoms with Crippen molar-refractivity contribution in [3.63, 3.8) is 0 Å². The van der Waals surface area contributed by atoms with Crippen molar-refractivity contribution in [3.8, 4) is 0 Å². The van der Waals surface area contributed by atoms with Crippen molar-refractivity contribution in [2.75, 3.05) is 6.54 Å². The second-order valence-electron chi connectivity index (χ2n) is 6.01. The molecular weight excluding hydrogens is 217 g/mol. The highest BCUT2D eigenvalue weighted by Crippen LogP contribution is 2.32. The molecule has 0 aromatic carbocycles. The molecule has 0 spiro atoms. The van der Waals surface area contributed by atoms with Gasteiger partial charge in [0.15, 0.2) is 0 Å². The van der Waals surface area contributed by atoms with Crippen molar-refractivity contribution in [2.45, 2.75) is 84.4 Å². The molecule has 0 rings (SSSR count). The lowest BCUT2D eigenvalue weighted by atomic mass is 9.66. The topological polar surface area (TPSA) is 26.0 Å². The SMILES string of the molecule is BC(CCCCCCCC)C(CC)C(CC)CN. The van der Waals surface area contributed by atoms with E-state index in [1.807, 2.05) is 0 Å². The van der Waals surface area contributed by atoms with Gasteiger partial charge in [-0.1, -0.05) is 84.4 Å². The van der Waals surface area contributed by atoms with E-state index in [1.165, 1.54) is 57.8 Å². The average Bonchev–Trinajstić information content (AvgIpc) is 2.39. The normalized spacial score (nSPS) is 16.4. The van der Waals surface area contributed by atoms with E-state index in [0.29, 0.717) is 0 Å². The van der Waals surface area contributed by atoms with Gasteiger partial charge in [0, 0.05) is 0 Å². The molecule has 0 aliphatic heterocycles. The van der Waals surface area contributed by atoms with Crippen LogP contribution in [-0.4, -0.2) is 14.4 Å². The van der Waals surface area contributed by atoms with Crippen LogP contribution in [0.5, 0.6) is 0 Å². The minimum absolute atomic E-state index is 0.741. The van der Waals surface area contributed by atoms with Gasteiger partial charge in [-0.15, -0.1) is 0 Å². The summed E-state index contributed by atoms with van der Waals surface area (Å²) in [5.41, 5.74) is 5.91. The predicted octanol–water partition coefficient (Wildman–Crippen LogP) is 4.17. The summed E-state index contributed by atoms with van der Waals surface area (Å²) in [5.74, 6) is 2.44. The fraction of sp³-hybridized carbons (Fsp3) is 1.00. The van der Waals surface area contributed by atoms with E-state index in [2.05, 4.69) is 28.6 Å². The first-order valence-electron chi connectivity index (χ1n) is 8.41. The molecule has 0 aromatic rings. The van der Waals surface area contributed by atoms with Gasteiger partial charge in [-0.05, 0) is 18.4 Å². The maximum Gasteiger partial charge on any atom is 0.105 e. The third kappa shape index (κ3) is 7.46. The molecule has 18 heavy (non-hydrogen) atoms. The van der Waals surface area contributed by atoms with Crippen LogP contribution in [0.4, 0.5) is 0 Å². The second kappa shape index (κ2) is 12.1. The summed E-state index contributed by atoms with van der Waals surface area (Å²) in [4.78, 5) is 0. The van der Waals surface area contributed by atoms with Gasteiger partial charge in [0.1, 0.15) is 7.85 Å². The predicted molar refractivity (Wildman–Crippen MR) is 86.9 cm³/mol. The molecule has 0 bridgehead atoms. The molecule has 0 radical (unpaired) electrons. The van der Waals surface area contributed by atoms with Gasteiger partial charge >= 0.3 is 0 Å². The molecular formula is C16H36BN. The maximum atomic E-state index is 5.91. The molecule has 3 unspecified atom stereocenters. The van der Waals surface area contributed by atoms with Crippen molar-refractivity contribution in [3.05, 3.63) is 0 Å². The standard InChI is InChI=1S/C16H36BN/c1-4-7-8-9-10-11-12-16(17)15(6-3)14(5-2)13-18/h14-16H,4-13,17-18H2,1-3H3. The fourth-order valence-electron chi connectivity index (χ4n) is 3.31. The smallest absolute Gasteiger partial charge is 0.105 e. The third-order valence-electron chi connectivity index (χ3n) is 4.65. The van der Waals surface area contributed by atoms with Gasteiger partial charge in [-0.2, -0.15) is 0 Å². The minimum Gasteiger partial charge on any atom is -0.330 e. The van der Waals surface area contributed by atoms with Crippen LogP contribution in [0.3, 0.4) is 0 Å². The van der Waals surface area contributed by atoms with Crippen LogP contribution in [0.1, 0.15) is 78.6 Å². The van der Waals surface area contributed by atoms with Crippen LogP contribution < -0.4 is 5.73 Å². The molecule has 0 aromatic heterocycles. The highest BCUT2D eigenvalue weighted by molar-refractivity contribution is 6.11. The summed E-state index contributed by atoms with van der Waals surface area (Å²) in [6, 6.07) is 0. The van der Waals surface area contributed by atoms with Gasteiger partial charge in [-0.3, -0.25) is 0 Å². The first-order chi connectivity index (χ1) is 8.71. The molecule has 0 fully saturated rings. The lowest BCUT2D eigenvalue weighted by Gasteiger charge is -2.30. The minimum atomic E-state index is 0.741. The van der Waals surface area contributed by atoms with Crippen LogP contribution in [0.2, 0.25) is 5.82 Å².